The molecule has 0 amide bonds. The Morgan fingerprint density at radius 3 is 2.04 bits per heavy atom. The molecule has 0 heterocycles. The molecule has 3 rings (SSSR count). The van der Waals surface area contributed by atoms with E-state index < -0.39 is 5.97 Å². The highest BCUT2D eigenvalue weighted by Crippen LogP contribution is 2.38. The summed E-state index contributed by atoms with van der Waals surface area (Å²) in [7, 11) is 0. The number of fused-ring (bicyclic) bond motifs is 2. The van der Waals surface area contributed by atoms with E-state index in [1.165, 1.54) is 12.1 Å². The van der Waals surface area contributed by atoms with E-state index in [0.29, 0.717) is 0 Å². The van der Waals surface area contributed by atoms with Gasteiger partial charge in [0.25, 0.3) is 0 Å². The number of carbonyl (C=O) groups excluding carboxylic acids is 3. The Bertz CT molecular complexity index is 967. The van der Waals surface area contributed by atoms with Crippen LogP contribution >= 0.6 is 0 Å². The largest absolute Gasteiger partial charge is 0.481 e. The zero-order chi connectivity index (χ0) is 19.4. The number of esters is 1. The van der Waals surface area contributed by atoms with Gasteiger partial charge in [0.15, 0.2) is 18.2 Å². The zero-order valence-electron chi connectivity index (χ0n) is 14.6. The molecule has 6 heteroatoms. The van der Waals surface area contributed by atoms with Crippen molar-refractivity contribution in [1.82, 2.24) is 0 Å². The minimum atomic E-state index is -0.575. The first-order valence-corrected chi connectivity index (χ1v) is 8.28. The van der Waals surface area contributed by atoms with Crippen molar-refractivity contribution in [2.24, 2.45) is 0 Å². The molecule has 0 bridgehead atoms. The predicted octanol–water partition coefficient (Wildman–Crippen LogP) is 2.42. The molecule has 0 N–H and O–H groups in total. The molecule has 6 nitrogen and oxygen atoms in total. The fraction of sp³-hybridized carbons (Fsp3) is 0.190. The van der Waals surface area contributed by atoms with Crippen LogP contribution in [0.5, 0.6) is 11.5 Å². The number of terminal acetylenes is 1. The Kier molecular flexibility index (Phi) is 5.23. The summed E-state index contributed by atoms with van der Waals surface area (Å²) in [6, 6.07) is 9.47. The zero-order valence-corrected chi connectivity index (χ0v) is 14.6. The van der Waals surface area contributed by atoms with Crippen molar-refractivity contribution in [2.45, 2.75) is 6.92 Å². The summed E-state index contributed by atoms with van der Waals surface area (Å²) in [5.41, 5.74) is 0.681. The van der Waals surface area contributed by atoms with Gasteiger partial charge in [-0.1, -0.05) is 30.2 Å². The van der Waals surface area contributed by atoms with Crippen LogP contribution in [0, 0.1) is 12.3 Å². The molecule has 1 aliphatic carbocycles. The summed E-state index contributed by atoms with van der Waals surface area (Å²) in [5, 5.41) is 0. The third-order valence-electron chi connectivity index (χ3n) is 3.96. The molecule has 0 saturated heterocycles. The summed E-state index contributed by atoms with van der Waals surface area (Å²) in [6.07, 6.45) is 5.23. The van der Waals surface area contributed by atoms with E-state index in [1.807, 2.05) is 0 Å². The minimum Gasteiger partial charge on any atom is -0.481 e. The molecule has 0 aliphatic heterocycles. The fourth-order valence-electron chi connectivity index (χ4n) is 2.86. The van der Waals surface area contributed by atoms with Gasteiger partial charge in [-0.15, -0.1) is 6.42 Å². The van der Waals surface area contributed by atoms with Gasteiger partial charge in [-0.3, -0.25) is 9.59 Å². The Balaban J connectivity index is 2.09. The summed E-state index contributed by atoms with van der Waals surface area (Å²) in [6.45, 7) is 1.45. The lowest BCUT2D eigenvalue weighted by molar-refractivity contribution is -0.145. The second kappa shape index (κ2) is 7.75. The van der Waals surface area contributed by atoms with E-state index in [-0.39, 0.29) is 65.1 Å². The maximum atomic E-state index is 13.0. The molecule has 136 valence electrons. The Labute approximate surface area is 156 Å². The third-order valence-corrected chi connectivity index (χ3v) is 3.96. The molecule has 0 aromatic heterocycles. The van der Waals surface area contributed by atoms with Crippen molar-refractivity contribution in [3.05, 3.63) is 58.7 Å². The van der Waals surface area contributed by atoms with Crippen LogP contribution < -0.4 is 9.47 Å². The van der Waals surface area contributed by atoms with Crippen LogP contribution in [0.3, 0.4) is 0 Å². The molecule has 0 saturated carbocycles. The van der Waals surface area contributed by atoms with Gasteiger partial charge in [-0.25, -0.2) is 4.79 Å². The number of carbonyl (C=O) groups is 3. The van der Waals surface area contributed by atoms with Crippen LogP contribution in [0.25, 0.3) is 0 Å². The quantitative estimate of drug-likeness (QED) is 0.494. The van der Waals surface area contributed by atoms with Crippen molar-refractivity contribution in [3.8, 4) is 23.8 Å². The number of rotatable bonds is 6. The number of ketones is 2. The van der Waals surface area contributed by atoms with Crippen LogP contribution in [0.1, 0.15) is 38.8 Å². The molecule has 0 radical (unpaired) electrons. The lowest BCUT2D eigenvalue weighted by atomic mass is 9.83. The van der Waals surface area contributed by atoms with E-state index in [9.17, 15) is 14.4 Å². The summed E-state index contributed by atoms with van der Waals surface area (Å²) in [5.74, 6) is 1.30. The van der Waals surface area contributed by atoms with Gasteiger partial charge < -0.3 is 14.2 Å². The molecule has 2 aromatic carbocycles. The SMILES string of the molecule is C#CCOc1ccc(OCC(=O)OCC)c2c1C(=O)c1ccccc1C2=O. The van der Waals surface area contributed by atoms with Gasteiger partial charge in [0, 0.05) is 11.1 Å². The highest BCUT2D eigenvalue weighted by atomic mass is 16.6. The van der Waals surface area contributed by atoms with Gasteiger partial charge in [-0.2, -0.15) is 0 Å². The predicted molar refractivity (Wildman–Crippen MR) is 96.2 cm³/mol. The van der Waals surface area contributed by atoms with Crippen LogP contribution in [0.15, 0.2) is 36.4 Å². The van der Waals surface area contributed by atoms with Crippen molar-refractivity contribution in [3.63, 3.8) is 0 Å². The summed E-state index contributed by atoms with van der Waals surface area (Å²) >= 11 is 0. The second-order valence-electron chi connectivity index (χ2n) is 5.60. The monoisotopic (exact) mass is 364 g/mol. The number of hydrogen-bond donors (Lipinski definition) is 0. The van der Waals surface area contributed by atoms with Gasteiger partial charge >= 0.3 is 5.97 Å². The molecule has 0 fully saturated rings. The van der Waals surface area contributed by atoms with Gasteiger partial charge in [-0.05, 0) is 19.1 Å². The van der Waals surface area contributed by atoms with Crippen LogP contribution in [-0.4, -0.2) is 37.4 Å². The average molecular weight is 364 g/mol. The molecule has 1 aliphatic rings. The molecule has 27 heavy (non-hydrogen) atoms. The highest BCUT2D eigenvalue weighted by Gasteiger charge is 2.35. The Hall–Kier alpha value is -3.59. The smallest absolute Gasteiger partial charge is 0.344 e. The first-order valence-electron chi connectivity index (χ1n) is 8.28. The highest BCUT2D eigenvalue weighted by molar-refractivity contribution is 6.30. The first kappa shape index (κ1) is 18.2. The molecule has 0 unspecified atom stereocenters. The van der Waals surface area contributed by atoms with Gasteiger partial charge in [0.1, 0.15) is 18.1 Å². The first-order chi connectivity index (χ1) is 13.1. The molecule has 0 atom stereocenters. The normalized spacial score (nSPS) is 11.9. The van der Waals surface area contributed by atoms with Crippen molar-refractivity contribution < 1.29 is 28.6 Å². The van der Waals surface area contributed by atoms with Crippen molar-refractivity contribution in [1.29, 1.82) is 0 Å². The van der Waals surface area contributed by atoms with E-state index in [2.05, 4.69) is 5.92 Å². The Morgan fingerprint density at radius 2 is 1.52 bits per heavy atom. The number of benzene rings is 2. The Morgan fingerprint density at radius 1 is 0.963 bits per heavy atom. The summed E-state index contributed by atoms with van der Waals surface area (Å²) < 4.78 is 15.7. The molecular formula is C21H16O6. The minimum absolute atomic E-state index is 0.0533. The van der Waals surface area contributed by atoms with Crippen molar-refractivity contribution >= 4 is 17.5 Å². The topological polar surface area (TPSA) is 78.9 Å². The molecular weight excluding hydrogens is 348 g/mol. The molecule has 2 aromatic rings. The number of ether oxygens (including phenoxy) is 3. The lowest BCUT2D eigenvalue weighted by Gasteiger charge is -2.22. The third kappa shape index (κ3) is 3.40. The van der Waals surface area contributed by atoms with Crippen LogP contribution in [0.2, 0.25) is 0 Å². The average Bonchev–Trinajstić information content (AvgIpc) is 2.69. The maximum Gasteiger partial charge on any atom is 0.344 e. The van der Waals surface area contributed by atoms with Crippen LogP contribution in [0.4, 0.5) is 0 Å². The maximum absolute atomic E-state index is 13.0. The van der Waals surface area contributed by atoms with Gasteiger partial charge in [0.05, 0.1) is 17.7 Å². The van der Waals surface area contributed by atoms with Crippen molar-refractivity contribution in [2.75, 3.05) is 19.8 Å². The van der Waals surface area contributed by atoms with Crippen LogP contribution in [-0.2, 0) is 9.53 Å². The fourth-order valence-corrected chi connectivity index (χ4v) is 2.86. The lowest BCUT2D eigenvalue weighted by Crippen LogP contribution is -2.24. The van der Waals surface area contributed by atoms with E-state index in [1.54, 1.807) is 31.2 Å². The second-order valence-corrected chi connectivity index (χ2v) is 5.60. The van der Waals surface area contributed by atoms with E-state index >= 15 is 0 Å². The molecule has 0 spiro atoms. The standard InChI is InChI=1S/C21H16O6/c1-3-11-26-15-9-10-16(27-12-17(22)25-4-2)19-18(15)20(23)13-7-5-6-8-14(13)21(19)24/h1,5-10H,4,11-12H2,2H3. The van der Waals surface area contributed by atoms with Gasteiger partial charge in [0.2, 0.25) is 0 Å². The van der Waals surface area contributed by atoms with E-state index in [0.717, 1.165) is 0 Å². The number of hydrogen-bond acceptors (Lipinski definition) is 6. The summed E-state index contributed by atoms with van der Waals surface area (Å²) in [4.78, 5) is 37.6. The van der Waals surface area contributed by atoms with E-state index in [4.69, 9.17) is 20.6 Å².